The molecule has 1 saturated heterocycles. The van der Waals surface area contributed by atoms with E-state index in [1.54, 1.807) is 27.4 Å². The first-order valence-electron chi connectivity index (χ1n) is 12.9. The van der Waals surface area contributed by atoms with Crippen molar-refractivity contribution in [3.63, 3.8) is 0 Å². The molecule has 0 radical (unpaired) electrons. The summed E-state index contributed by atoms with van der Waals surface area (Å²) in [5, 5.41) is 12.0. The number of aromatic carboxylic acids is 1. The number of carboxylic acids is 1. The van der Waals surface area contributed by atoms with Crippen LogP contribution in [0.1, 0.15) is 41.7 Å². The van der Waals surface area contributed by atoms with Gasteiger partial charge in [-0.2, -0.15) is 0 Å². The molecule has 2 N–H and O–H groups in total. The highest BCUT2D eigenvalue weighted by Gasteiger charge is 2.30. The molecule has 2 heterocycles. The van der Waals surface area contributed by atoms with Crippen LogP contribution in [0.2, 0.25) is 0 Å². The number of aromatic nitrogens is 1. The van der Waals surface area contributed by atoms with Crippen molar-refractivity contribution in [3.8, 4) is 0 Å². The Morgan fingerprint density at radius 1 is 1.10 bits per heavy atom. The second-order valence-electron chi connectivity index (χ2n) is 9.88. The minimum Gasteiger partial charge on any atom is -0.477 e. The number of nitrogens with one attached hydrogen (secondary N) is 1. The highest BCUT2D eigenvalue weighted by molar-refractivity contribution is 5.93. The van der Waals surface area contributed by atoms with E-state index < -0.39 is 29.4 Å². The number of ether oxygens (including phenoxy) is 1. The Labute approximate surface area is 223 Å². The molecule has 0 spiro atoms. The van der Waals surface area contributed by atoms with Crippen molar-refractivity contribution in [2.24, 2.45) is 0 Å². The second-order valence-corrected chi connectivity index (χ2v) is 9.88. The van der Waals surface area contributed by atoms with Gasteiger partial charge in [0.05, 0.1) is 11.2 Å². The van der Waals surface area contributed by atoms with E-state index in [9.17, 15) is 24.3 Å². The zero-order valence-corrected chi connectivity index (χ0v) is 21.4. The molecular weight excluding hydrogens is 507 g/mol. The zero-order valence-electron chi connectivity index (χ0n) is 21.4. The quantitative estimate of drug-likeness (QED) is 0.476. The van der Waals surface area contributed by atoms with Gasteiger partial charge in [-0.15, -0.1) is 0 Å². The maximum absolute atomic E-state index is 15.2. The topological polar surface area (TPSA) is 121 Å². The number of piperazine rings is 1. The first-order valence-corrected chi connectivity index (χ1v) is 12.9. The van der Waals surface area contributed by atoms with Gasteiger partial charge in [0.25, 0.3) is 0 Å². The van der Waals surface area contributed by atoms with E-state index in [4.69, 9.17) is 4.74 Å². The molecule has 3 aromatic rings. The van der Waals surface area contributed by atoms with Crippen LogP contribution in [0.4, 0.5) is 14.9 Å². The van der Waals surface area contributed by atoms with E-state index >= 15 is 4.39 Å². The summed E-state index contributed by atoms with van der Waals surface area (Å²) in [6, 6.07) is 11.2. The minimum absolute atomic E-state index is 0.0379. The molecule has 1 atom stereocenters. The summed E-state index contributed by atoms with van der Waals surface area (Å²) in [4.78, 5) is 52.8. The van der Waals surface area contributed by atoms with Crippen LogP contribution in [0.5, 0.6) is 0 Å². The Bertz CT molecular complexity index is 1480. The number of pyridine rings is 1. The molecule has 1 aliphatic heterocycles. The second kappa shape index (κ2) is 10.8. The Balaban J connectivity index is 1.24. The summed E-state index contributed by atoms with van der Waals surface area (Å²) < 4.78 is 22.2. The van der Waals surface area contributed by atoms with Gasteiger partial charge in [0, 0.05) is 43.8 Å². The Morgan fingerprint density at radius 2 is 1.79 bits per heavy atom. The van der Waals surface area contributed by atoms with E-state index in [0.29, 0.717) is 37.4 Å². The Kier molecular flexibility index (Phi) is 7.23. The van der Waals surface area contributed by atoms with Crippen LogP contribution in [0.3, 0.4) is 0 Å². The van der Waals surface area contributed by atoms with Crippen LogP contribution in [0.15, 0.2) is 53.5 Å². The fourth-order valence-electron chi connectivity index (χ4n) is 4.85. The molecule has 39 heavy (non-hydrogen) atoms. The Morgan fingerprint density at radius 3 is 2.44 bits per heavy atom. The van der Waals surface area contributed by atoms with Crippen molar-refractivity contribution in [1.82, 2.24) is 14.8 Å². The molecule has 1 saturated carbocycles. The van der Waals surface area contributed by atoms with Gasteiger partial charge < -0.3 is 29.5 Å². The lowest BCUT2D eigenvalue weighted by molar-refractivity contribution is -0.133. The third-order valence-electron chi connectivity index (χ3n) is 7.12. The highest BCUT2D eigenvalue weighted by Crippen LogP contribution is 2.38. The lowest BCUT2D eigenvalue weighted by atomic mass is 10.1. The third-order valence-corrected chi connectivity index (χ3v) is 7.12. The molecule has 2 aliphatic rings. The fraction of sp³-hybridized carbons (Fsp3) is 0.357. The fourth-order valence-corrected chi connectivity index (χ4v) is 4.85. The molecule has 204 valence electrons. The number of hydrogen-bond donors (Lipinski definition) is 2. The predicted molar refractivity (Wildman–Crippen MR) is 141 cm³/mol. The summed E-state index contributed by atoms with van der Waals surface area (Å²) in [5.74, 6) is -2.23. The smallest absolute Gasteiger partial charge is 0.408 e. The predicted octanol–water partition coefficient (Wildman–Crippen LogP) is 3.14. The summed E-state index contributed by atoms with van der Waals surface area (Å²) >= 11 is 0. The van der Waals surface area contributed by atoms with Crippen LogP contribution in [0.25, 0.3) is 10.9 Å². The van der Waals surface area contributed by atoms with Crippen molar-refractivity contribution in [2.45, 2.75) is 38.5 Å². The van der Waals surface area contributed by atoms with Crippen LogP contribution >= 0.6 is 0 Å². The molecule has 10 nitrogen and oxygen atoms in total. The van der Waals surface area contributed by atoms with Crippen molar-refractivity contribution in [2.75, 3.05) is 31.1 Å². The van der Waals surface area contributed by atoms with Gasteiger partial charge in [0.15, 0.2) is 0 Å². The number of carbonyl (C=O) groups is 3. The summed E-state index contributed by atoms with van der Waals surface area (Å²) in [7, 11) is 0. The molecule has 0 bridgehead atoms. The number of carboxylic acid groups (broad SMARTS) is 1. The van der Waals surface area contributed by atoms with Crippen molar-refractivity contribution in [1.29, 1.82) is 0 Å². The van der Waals surface area contributed by atoms with E-state index in [1.807, 2.05) is 30.3 Å². The van der Waals surface area contributed by atoms with Crippen molar-refractivity contribution < 1.29 is 28.6 Å². The number of anilines is 1. The van der Waals surface area contributed by atoms with Crippen LogP contribution < -0.4 is 15.6 Å². The number of alkyl carbamates (subject to hydrolysis) is 1. The van der Waals surface area contributed by atoms with Gasteiger partial charge in [0.2, 0.25) is 11.3 Å². The van der Waals surface area contributed by atoms with E-state index in [2.05, 4.69) is 5.32 Å². The van der Waals surface area contributed by atoms with Crippen molar-refractivity contribution >= 4 is 34.6 Å². The molecule has 1 aliphatic carbocycles. The van der Waals surface area contributed by atoms with Crippen LogP contribution in [-0.2, 0) is 16.1 Å². The van der Waals surface area contributed by atoms with Crippen LogP contribution in [-0.4, -0.2) is 64.8 Å². The number of amides is 2. The lowest BCUT2D eigenvalue weighted by Crippen LogP contribution is -2.54. The summed E-state index contributed by atoms with van der Waals surface area (Å²) in [5.41, 5.74) is 0.538. The first-order chi connectivity index (χ1) is 18.7. The van der Waals surface area contributed by atoms with E-state index in [1.165, 1.54) is 6.20 Å². The molecule has 11 heteroatoms. The summed E-state index contributed by atoms with van der Waals surface area (Å²) in [6.45, 7) is 3.00. The van der Waals surface area contributed by atoms with Gasteiger partial charge in [-0.05, 0) is 37.5 Å². The monoisotopic (exact) mass is 536 g/mol. The van der Waals surface area contributed by atoms with Gasteiger partial charge in [-0.1, -0.05) is 30.3 Å². The average Bonchev–Trinajstić information content (AvgIpc) is 3.78. The number of fused-ring (bicyclic) bond motifs is 1. The molecule has 5 rings (SSSR count). The van der Waals surface area contributed by atoms with Gasteiger partial charge >= 0.3 is 12.1 Å². The normalized spacial score (nSPS) is 16.2. The molecule has 1 aromatic heterocycles. The van der Waals surface area contributed by atoms with E-state index in [-0.39, 0.29) is 29.5 Å². The van der Waals surface area contributed by atoms with E-state index in [0.717, 1.165) is 24.5 Å². The standard InChI is InChI=1S/C28H29FN4O6/c1-17(30-28(38)39-16-18-5-3-2-4-6-18)26(35)32-11-9-31(10-12-32)24-14-23-20(13-22(24)29)25(34)21(27(36)37)15-33(23)19-7-8-19/h2-6,13-15,17,19H,7-12,16H2,1H3,(H,30,38)(H,36,37)/t17-/m0/s1. The van der Waals surface area contributed by atoms with Gasteiger partial charge in [-0.25, -0.2) is 14.0 Å². The summed E-state index contributed by atoms with van der Waals surface area (Å²) in [6.07, 6.45) is 2.37. The number of halogens is 1. The first kappa shape index (κ1) is 26.2. The lowest BCUT2D eigenvalue weighted by Gasteiger charge is -2.37. The maximum Gasteiger partial charge on any atom is 0.408 e. The molecule has 2 aromatic carbocycles. The molecule has 0 unspecified atom stereocenters. The molecule has 2 amide bonds. The minimum atomic E-state index is -1.34. The van der Waals surface area contributed by atoms with Crippen LogP contribution in [0, 0.1) is 5.82 Å². The molecular formula is C28H29FN4O6. The third kappa shape index (κ3) is 5.57. The van der Waals surface area contributed by atoms with Gasteiger partial charge in [-0.3, -0.25) is 9.59 Å². The Hall–Kier alpha value is -4.41. The maximum atomic E-state index is 15.2. The van der Waals surface area contributed by atoms with Gasteiger partial charge in [0.1, 0.15) is 24.0 Å². The number of hydrogen-bond acceptors (Lipinski definition) is 6. The SMILES string of the molecule is C[C@H](NC(=O)OCc1ccccc1)C(=O)N1CCN(c2cc3c(cc2F)c(=O)c(C(=O)O)cn3C2CC2)CC1. The number of carbonyl (C=O) groups excluding carboxylic acids is 2. The zero-order chi connectivity index (χ0) is 27.7. The highest BCUT2D eigenvalue weighted by atomic mass is 19.1. The number of benzene rings is 2. The molecule has 2 fully saturated rings. The van der Waals surface area contributed by atoms with Crippen molar-refractivity contribution in [3.05, 3.63) is 75.8 Å². The average molecular weight is 537 g/mol. The number of rotatable bonds is 7. The number of nitrogens with zero attached hydrogens (tertiary/aromatic N) is 3. The largest absolute Gasteiger partial charge is 0.477 e.